The second-order valence-corrected chi connectivity index (χ2v) is 4.72. The molecule has 0 saturated carbocycles. The first-order valence-electron chi connectivity index (χ1n) is 7.09. The Balaban J connectivity index is 2.24. The van der Waals surface area contributed by atoms with Crippen LogP contribution in [0.4, 0.5) is 5.69 Å². The number of anilines is 1. The van der Waals surface area contributed by atoms with Crippen molar-refractivity contribution in [2.45, 2.75) is 39.5 Å². The zero-order valence-electron chi connectivity index (χ0n) is 12.8. The fourth-order valence-electron chi connectivity index (χ4n) is 1.93. The van der Waals surface area contributed by atoms with E-state index in [4.69, 9.17) is 15.2 Å². The van der Waals surface area contributed by atoms with Gasteiger partial charge in [0.25, 0.3) is 0 Å². The molecule has 118 valence electrons. The second-order valence-electron chi connectivity index (χ2n) is 4.72. The van der Waals surface area contributed by atoms with Gasteiger partial charge in [-0.05, 0) is 33.1 Å². The molecule has 0 aliphatic carbocycles. The quantitative estimate of drug-likeness (QED) is 0.578. The van der Waals surface area contributed by atoms with Gasteiger partial charge < -0.3 is 15.2 Å². The van der Waals surface area contributed by atoms with Gasteiger partial charge in [-0.2, -0.15) is 5.10 Å². The summed E-state index contributed by atoms with van der Waals surface area (Å²) in [5.74, 6) is -0.659. The molecule has 0 fully saturated rings. The lowest BCUT2D eigenvalue weighted by Crippen LogP contribution is -2.13. The van der Waals surface area contributed by atoms with Crippen molar-refractivity contribution < 1.29 is 19.1 Å². The third-order valence-corrected chi connectivity index (χ3v) is 3.03. The minimum atomic E-state index is -0.471. The number of hydrogen-bond donors (Lipinski definition) is 1. The topological polar surface area (TPSA) is 96.4 Å². The van der Waals surface area contributed by atoms with Crippen LogP contribution in [0, 0.1) is 6.92 Å². The monoisotopic (exact) mass is 297 g/mol. The molecule has 0 aromatic carbocycles. The molecule has 21 heavy (non-hydrogen) atoms. The molecule has 0 amide bonds. The molecular weight excluding hydrogens is 274 g/mol. The molecule has 0 atom stereocenters. The summed E-state index contributed by atoms with van der Waals surface area (Å²) in [5.41, 5.74) is 7.02. The summed E-state index contributed by atoms with van der Waals surface area (Å²) in [5, 5.41) is 4.07. The molecule has 0 saturated heterocycles. The first kappa shape index (κ1) is 17.0. The van der Waals surface area contributed by atoms with Gasteiger partial charge in [-0.25, -0.2) is 4.79 Å². The Hall–Kier alpha value is -2.05. The summed E-state index contributed by atoms with van der Waals surface area (Å²) < 4.78 is 11.4. The Labute approximate surface area is 124 Å². The van der Waals surface area contributed by atoms with Gasteiger partial charge in [0.05, 0.1) is 24.6 Å². The van der Waals surface area contributed by atoms with Gasteiger partial charge in [0.15, 0.2) is 5.69 Å². The number of aryl methyl sites for hydroxylation is 2. The third-order valence-electron chi connectivity index (χ3n) is 3.03. The maximum absolute atomic E-state index is 11.9. The van der Waals surface area contributed by atoms with Crippen molar-refractivity contribution in [1.29, 1.82) is 0 Å². The average Bonchev–Trinajstić information content (AvgIpc) is 2.67. The maximum atomic E-state index is 11.9. The van der Waals surface area contributed by atoms with Crippen LogP contribution in [-0.4, -0.2) is 34.9 Å². The predicted molar refractivity (Wildman–Crippen MR) is 77.7 cm³/mol. The van der Waals surface area contributed by atoms with Crippen molar-refractivity contribution in [2.75, 3.05) is 18.9 Å². The van der Waals surface area contributed by atoms with Crippen molar-refractivity contribution in [1.82, 2.24) is 9.78 Å². The molecule has 1 heterocycles. The van der Waals surface area contributed by atoms with E-state index in [2.05, 4.69) is 5.10 Å². The lowest BCUT2D eigenvalue weighted by atomic mass is 10.2. The van der Waals surface area contributed by atoms with Gasteiger partial charge in [-0.15, -0.1) is 0 Å². The van der Waals surface area contributed by atoms with Gasteiger partial charge in [0.1, 0.15) is 0 Å². The molecule has 2 N–H and O–H groups in total. The summed E-state index contributed by atoms with van der Waals surface area (Å²) in [6.07, 6.45) is 2.62. The van der Waals surface area contributed by atoms with Crippen LogP contribution in [0.25, 0.3) is 0 Å². The Kier molecular flexibility index (Phi) is 6.71. The van der Waals surface area contributed by atoms with Gasteiger partial charge in [0.2, 0.25) is 0 Å². The van der Waals surface area contributed by atoms with Crippen molar-refractivity contribution in [3.63, 3.8) is 0 Å². The highest BCUT2D eigenvalue weighted by Crippen LogP contribution is 2.16. The number of esters is 2. The van der Waals surface area contributed by atoms with Gasteiger partial charge >= 0.3 is 11.9 Å². The predicted octanol–water partition coefficient (Wildman–Crippen LogP) is 1.59. The smallest absolute Gasteiger partial charge is 0.358 e. The van der Waals surface area contributed by atoms with E-state index in [1.54, 1.807) is 20.9 Å². The Morgan fingerprint density at radius 3 is 2.52 bits per heavy atom. The molecule has 7 heteroatoms. The summed E-state index contributed by atoms with van der Waals surface area (Å²) in [4.78, 5) is 23.0. The first-order valence-corrected chi connectivity index (χ1v) is 7.09. The van der Waals surface area contributed by atoms with Crippen LogP contribution >= 0.6 is 0 Å². The minimum absolute atomic E-state index is 0.187. The van der Waals surface area contributed by atoms with Crippen molar-refractivity contribution >= 4 is 17.6 Å². The molecule has 0 aliphatic rings. The van der Waals surface area contributed by atoms with E-state index in [9.17, 15) is 9.59 Å². The van der Waals surface area contributed by atoms with Crippen molar-refractivity contribution in [3.8, 4) is 0 Å². The number of rotatable bonds is 8. The van der Waals surface area contributed by atoms with E-state index >= 15 is 0 Å². The largest absolute Gasteiger partial charge is 0.466 e. The first-order chi connectivity index (χ1) is 9.97. The molecule has 0 aliphatic heterocycles. The number of nitrogens with two attached hydrogens (primary N) is 1. The number of nitrogens with zero attached hydrogens (tertiary/aromatic N) is 2. The molecular formula is C14H23N3O4. The number of ether oxygens (including phenoxy) is 2. The highest BCUT2D eigenvalue weighted by molar-refractivity contribution is 5.93. The van der Waals surface area contributed by atoms with E-state index in [1.807, 2.05) is 0 Å². The third kappa shape index (κ3) is 5.09. The number of carbonyl (C=O) groups excluding carboxylic acids is 2. The molecule has 1 aromatic heterocycles. The van der Waals surface area contributed by atoms with Crippen LogP contribution in [0.2, 0.25) is 0 Å². The highest BCUT2D eigenvalue weighted by Gasteiger charge is 2.18. The number of aromatic nitrogens is 2. The lowest BCUT2D eigenvalue weighted by Gasteiger charge is -2.06. The van der Waals surface area contributed by atoms with Crippen molar-refractivity contribution in [3.05, 3.63) is 11.4 Å². The SMILES string of the molecule is CCOC(=O)CCCCCOC(=O)c1c(N)c(C)nn1C. The van der Waals surface area contributed by atoms with E-state index in [1.165, 1.54) is 4.68 Å². The fraction of sp³-hybridized carbons (Fsp3) is 0.643. The number of nitrogen functional groups attached to an aromatic ring is 1. The Bertz CT molecular complexity index is 497. The molecule has 7 nitrogen and oxygen atoms in total. The second kappa shape index (κ2) is 8.28. The lowest BCUT2D eigenvalue weighted by molar-refractivity contribution is -0.143. The van der Waals surface area contributed by atoms with E-state index in [0.29, 0.717) is 37.4 Å². The molecule has 0 radical (unpaired) electrons. The average molecular weight is 297 g/mol. The zero-order valence-corrected chi connectivity index (χ0v) is 12.8. The van der Waals surface area contributed by atoms with Crippen LogP contribution in [0.15, 0.2) is 0 Å². The number of hydrogen-bond acceptors (Lipinski definition) is 6. The normalized spacial score (nSPS) is 10.4. The summed E-state index contributed by atoms with van der Waals surface area (Å²) in [7, 11) is 1.65. The van der Waals surface area contributed by atoms with Crippen LogP contribution < -0.4 is 5.73 Å². The van der Waals surface area contributed by atoms with Crippen LogP contribution in [-0.2, 0) is 21.3 Å². The Morgan fingerprint density at radius 2 is 1.95 bits per heavy atom. The molecule has 0 unspecified atom stereocenters. The van der Waals surface area contributed by atoms with Gasteiger partial charge in [-0.1, -0.05) is 0 Å². The standard InChI is InChI=1S/C14H23N3O4/c1-4-20-11(18)8-6-5-7-9-21-14(19)13-12(15)10(2)16-17(13)3/h4-9,15H2,1-3H3. The van der Waals surface area contributed by atoms with Gasteiger partial charge in [-0.3, -0.25) is 9.48 Å². The molecule has 1 rings (SSSR count). The van der Waals surface area contributed by atoms with Crippen LogP contribution in [0.3, 0.4) is 0 Å². The maximum Gasteiger partial charge on any atom is 0.358 e. The van der Waals surface area contributed by atoms with E-state index in [-0.39, 0.29) is 11.7 Å². The van der Waals surface area contributed by atoms with E-state index < -0.39 is 5.97 Å². The zero-order chi connectivity index (χ0) is 15.8. The fourth-order valence-corrected chi connectivity index (χ4v) is 1.93. The van der Waals surface area contributed by atoms with E-state index in [0.717, 1.165) is 12.8 Å². The van der Waals surface area contributed by atoms with Crippen molar-refractivity contribution in [2.24, 2.45) is 7.05 Å². The number of unbranched alkanes of at least 4 members (excludes halogenated alkanes) is 2. The molecule has 0 spiro atoms. The number of carbonyl (C=O) groups is 2. The Morgan fingerprint density at radius 1 is 1.24 bits per heavy atom. The summed E-state index contributed by atoms with van der Waals surface area (Å²) in [6, 6.07) is 0. The summed E-state index contributed by atoms with van der Waals surface area (Å²) in [6.45, 7) is 4.22. The minimum Gasteiger partial charge on any atom is -0.466 e. The highest BCUT2D eigenvalue weighted by atomic mass is 16.5. The van der Waals surface area contributed by atoms with Crippen LogP contribution in [0.1, 0.15) is 48.8 Å². The van der Waals surface area contributed by atoms with Crippen LogP contribution in [0.5, 0.6) is 0 Å². The summed E-state index contributed by atoms with van der Waals surface area (Å²) >= 11 is 0. The molecule has 0 bridgehead atoms. The molecule has 1 aromatic rings. The van der Waals surface area contributed by atoms with Gasteiger partial charge in [0, 0.05) is 13.5 Å².